The van der Waals surface area contributed by atoms with Crippen LogP contribution >= 0.6 is 11.8 Å². The van der Waals surface area contributed by atoms with Crippen molar-refractivity contribution in [3.05, 3.63) is 0 Å². The maximum atomic E-state index is 12.2. The first-order valence-corrected chi connectivity index (χ1v) is 4.32. The van der Waals surface area contributed by atoms with E-state index in [9.17, 15) is 22.4 Å². The number of carboxylic acids is 1. The fourth-order valence-electron chi connectivity index (χ4n) is 0.370. The van der Waals surface area contributed by atoms with E-state index in [2.05, 4.69) is 0 Å². The smallest absolute Gasteiger partial charge is 0.316 e. The van der Waals surface area contributed by atoms with Crippen molar-refractivity contribution < 1.29 is 27.5 Å². The van der Waals surface area contributed by atoms with Crippen molar-refractivity contribution in [3.8, 4) is 0 Å². The molecule has 0 rings (SSSR count). The summed E-state index contributed by atoms with van der Waals surface area (Å²) in [6.45, 7) is 1.16. The molecule has 0 saturated carbocycles. The molecule has 1 N–H and O–H groups in total. The topological polar surface area (TPSA) is 37.3 Å². The largest absolute Gasteiger partial charge is 0.480 e. The van der Waals surface area contributed by atoms with Gasteiger partial charge < -0.3 is 5.11 Å². The van der Waals surface area contributed by atoms with Crippen molar-refractivity contribution in [3.63, 3.8) is 0 Å². The molecule has 7 heteroatoms. The summed E-state index contributed by atoms with van der Waals surface area (Å²) in [6, 6.07) is 0. The molecule has 1 unspecified atom stereocenters. The Labute approximate surface area is 76.3 Å². The minimum atomic E-state index is -4.12. The molecule has 0 bridgehead atoms. The molecular weight excluding hydrogens is 212 g/mol. The zero-order valence-electron chi connectivity index (χ0n) is 6.64. The van der Waals surface area contributed by atoms with Crippen LogP contribution in [0.15, 0.2) is 0 Å². The monoisotopic (exact) mass is 220 g/mol. The highest BCUT2D eigenvalue weighted by molar-refractivity contribution is 8.00. The molecule has 0 heterocycles. The summed E-state index contributed by atoms with van der Waals surface area (Å²) in [5, 5.41) is 7.16. The third-order valence-electron chi connectivity index (χ3n) is 1.19. The third-order valence-corrected chi connectivity index (χ3v) is 2.45. The molecule has 78 valence electrons. The molecule has 1 atom stereocenters. The molecule has 0 radical (unpaired) electrons. The molecule has 0 amide bonds. The SMILES string of the molecule is CC(SCC(F)(F)C(F)F)C(=O)O. The van der Waals surface area contributed by atoms with E-state index in [-0.39, 0.29) is 0 Å². The highest BCUT2D eigenvalue weighted by Gasteiger charge is 2.41. The van der Waals surface area contributed by atoms with E-state index in [0.717, 1.165) is 6.92 Å². The van der Waals surface area contributed by atoms with Crippen LogP contribution in [-0.4, -0.2) is 34.4 Å². The molecule has 2 nitrogen and oxygen atoms in total. The minimum absolute atomic E-state index is 0.290. The number of aliphatic carboxylic acids is 1. The van der Waals surface area contributed by atoms with E-state index in [1.165, 1.54) is 0 Å². The second-order valence-electron chi connectivity index (χ2n) is 2.35. The van der Waals surface area contributed by atoms with E-state index in [4.69, 9.17) is 5.11 Å². The fraction of sp³-hybridized carbons (Fsp3) is 0.833. The van der Waals surface area contributed by atoms with Gasteiger partial charge in [-0.25, -0.2) is 8.78 Å². The molecule has 13 heavy (non-hydrogen) atoms. The van der Waals surface area contributed by atoms with E-state index >= 15 is 0 Å². The predicted molar refractivity (Wildman–Crippen MR) is 40.5 cm³/mol. The summed E-state index contributed by atoms with van der Waals surface area (Å²) >= 11 is 0.290. The van der Waals surface area contributed by atoms with E-state index in [0.29, 0.717) is 11.8 Å². The van der Waals surface area contributed by atoms with Crippen molar-refractivity contribution in [2.75, 3.05) is 5.75 Å². The Hall–Kier alpha value is -0.460. The first-order chi connectivity index (χ1) is 5.77. The van der Waals surface area contributed by atoms with Crippen LogP contribution in [-0.2, 0) is 4.79 Å². The number of alkyl halides is 4. The van der Waals surface area contributed by atoms with Gasteiger partial charge in [-0.2, -0.15) is 8.78 Å². The third kappa shape index (κ3) is 4.35. The minimum Gasteiger partial charge on any atom is -0.480 e. The van der Waals surface area contributed by atoms with Gasteiger partial charge in [0.05, 0.1) is 11.0 Å². The molecule has 0 fully saturated rings. The van der Waals surface area contributed by atoms with Crippen molar-refractivity contribution in [2.24, 2.45) is 0 Å². The normalized spacial score (nSPS) is 14.6. The van der Waals surface area contributed by atoms with E-state index < -0.39 is 29.3 Å². The molecule has 0 spiro atoms. The maximum Gasteiger partial charge on any atom is 0.316 e. The fourth-order valence-corrected chi connectivity index (χ4v) is 1.11. The lowest BCUT2D eigenvalue weighted by Crippen LogP contribution is -2.31. The summed E-state index contributed by atoms with van der Waals surface area (Å²) in [4.78, 5) is 10.1. The van der Waals surface area contributed by atoms with Crippen LogP contribution in [0.5, 0.6) is 0 Å². The highest BCUT2D eigenvalue weighted by Crippen LogP contribution is 2.28. The van der Waals surface area contributed by atoms with Crippen LogP contribution in [0.2, 0.25) is 0 Å². The molecule has 0 saturated heterocycles. The van der Waals surface area contributed by atoms with Gasteiger partial charge in [-0.15, -0.1) is 11.8 Å². The van der Waals surface area contributed by atoms with Crippen LogP contribution in [0, 0.1) is 0 Å². The summed E-state index contributed by atoms with van der Waals surface area (Å²) in [7, 11) is 0. The first-order valence-electron chi connectivity index (χ1n) is 3.27. The summed E-state index contributed by atoms with van der Waals surface area (Å²) in [5.74, 6) is -6.60. The number of carbonyl (C=O) groups is 1. The van der Waals surface area contributed by atoms with Gasteiger partial charge in [-0.05, 0) is 6.92 Å². The molecule has 0 aromatic carbocycles. The van der Waals surface area contributed by atoms with Crippen LogP contribution in [0.1, 0.15) is 6.92 Å². The van der Waals surface area contributed by atoms with Gasteiger partial charge >= 0.3 is 18.3 Å². The summed E-state index contributed by atoms with van der Waals surface area (Å²) in [5.41, 5.74) is 0. The predicted octanol–water partition coefficient (Wildman–Crippen LogP) is 2.09. The quantitative estimate of drug-likeness (QED) is 0.721. The lowest BCUT2D eigenvalue weighted by Gasteiger charge is -2.15. The number of hydrogen-bond acceptors (Lipinski definition) is 2. The molecule has 0 aliphatic carbocycles. The van der Waals surface area contributed by atoms with E-state index in [1.807, 2.05) is 0 Å². The number of rotatable bonds is 5. The average Bonchev–Trinajstić information content (AvgIpc) is 1.99. The standard InChI is InChI=1S/C6H8F4O2S/c1-3(4(11)12)13-2-6(9,10)5(7)8/h3,5H,2H2,1H3,(H,11,12). The van der Waals surface area contributed by atoms with Gasteiger partial charge in [-0.1, -0.05) is 0 Å². The Bertz CT molecular complexity index is 185. The van der Waals surface area contributed by atoms with Gasteiger partial charge in [-0.3, -0.25) is 4.79 Å². The molecule has 0 aromatic rings. The number of hydrogen-bond donors (Lipinski definition) is 1. The Balaban J connectivity index is 3.95. The van der Waals surface area contributed by atoms with Crippen LogP contribution in [0.4, 0.5) is 17.6 Å². The van der Waals surface area contributed by atoms with Crippen LogP contribution in [0.25, 0.3) is 0 Å². The second-order valence-corrected chi connectivity index (χ2v) is 3.68. The van der Waals surface area contributed by atoms with Crippen molar-refractivity contribution in [1.82, 2.24) is 0 Å². The number of halogens is 4. The summed E-state index contributed by atoms with van der Waals surface area (Å²) in [6.07, 6.45) is -3.75. The molecule has 0 aliphatic rings. The second kappa shape index (κ2) is 4.69. The Kier molecular flexibility index (Phi) is 4.52. The maximum absolute atomic E-state index is 12.2. The number of carboxylic acid groups (broad SMARTS) is 1. The average molecular weight is 220 g/mol. The Morgan fingerprint density at radius 2 is 2.00 bits per heavy atom. The van der Waals surface area contributed by atoms with Gasteiger partial charge in [0.1, 0.15) is 0 Å². The Morgan fingerprint density at radius 1 is 1.54 bits per heavy atom. The van der Waals surface area contributed by atoms with Gasteiger partial charge in [0, 0.05) is 0 Å². The van der Waals surface area contributed by atoms with Gasteiger partial charge in [0.25, 0.3) is 0 Å². The lowest BCUT2D eigenvalue weighted by atomic mass is 10.4. The van der Waals surface area contributed by atoms with Crippen LogP contribution < -0.4 is 0 Å². The molecular formula is C6H8F4O2S. The van der Waals surface area contributed by atoms with Gasteiger partial charge in [0.15, 0.2) is 0 Å². The van der Waals surface area contributed by atoms with Crippen molar-refractivity contribution >= 4 is 17.7 Å². The van der Waals surface area contributed by atoms with Crippen molar-refractivity contribution in [1.29, 1.82) is 0 Å². The van der Waals surface area contributed by atoms with Crippen LogP contribution in [0.3, 0.4) is 0 Å². The van der Waals surface area contributed by atoms with Crippen molar-refractivity contribution in [2.45, 2.75) is 24.5 Å². The van der Waals surface area contributed by atoms with Gasteiger partial charge in [0.2, 0.25) is 0 Å². The van der Waals surface area contributed by atoms with E-state index in [1.54, 1.807) is 0 Å². The Morgan fingerprint density at radius 3 is 2.31 bits per heavy atom. The molecule has 0 aromatic heterocycles. The molecule has 0 aliphatic heterocycles. The lowest BCUT2D eigenvalue weighted by molar-refractivity contribution is -0.136. The summed E-state index contributed by atoms with van der Waals surface area (Å²) < 4.78 is 47.5. The number of thioether (sulfide) groups is 1. The highest BCUT2D eigenvalue weighted by atomic mass is 32.2. The zero-order chi connectivity index (χ0) is 10.6. The zero-order valence-corrected chi connectivity index (χ0v) is 7.45. The first kappa shape index (κ1) is 12.5.